The standard InChI is InChI=1S/C23H20Cl2N6/c24-20-4-3-18(11-21(20)25)30-23-15-28-14-22(31-23)17-10-19(13-27-12-17)29-7-1-2-16-5-8-26-9-6-16/h3-6,8-15,29H,1-2,7H2,(H,30,31). The van der Waals surface area contributed by atoms with E-state index in [0.717, 1.165) is 42.0 Å². The number of benzene rings is 1. The fourth-order valence-corrected chi connectivity index (χ4v) is 3.34. The number of hydrogen-bond acceptors (Lipinski definition) is 6. The molecule has 0 aliphatic rings. The summed E-state index contributed by atoms with van der Waals surface area (Å²) in [7, 11) is 0. The summed E-state index contributed by atoms with van der Waals surface area (Å²) in [6, 6.07) is 11.4. The molecule has 0 amide bonds. The van der Waals surface area contributed by atoms with Crippen LogP contribution in [0.4, 0.5) is 17.2 Å². The third-order valence-corrected chi connectivity index (χ3v) is 5.32. The fourth-order valence-electron chi connectivity index (χ4n) is 3.04. The van der Waals surface area contributed by atoms with Crippen molar-refractivity contribution < 1.29 is 0 Å². The molecular weight excluding hydrogens is 431 g/mol. The second kappa shape index (κ2) is 10.2. The fraction of sp³-hybridized carbons (Fsp3) is 0.130. The van der Waals surface area contributed by atoms with Crippen LogP contribution in [0.1, 0.15) is 12.0 Å². The molecule has 0 bridgehead atoms. The van der Waals surface area contributed by atoms with Crippen LogP contribution in [0.25, 0.3) is 11.3 Å². The summed E-state index contributed by atoms with van der Waals surface area (Å²) in [6.45, 7) is 0.845. The lowest BCUT2D eigenvalue weighted by atomic mass is 10.1. The van der Waals surface area contributed by atoms with Gasteiger partial charge in [0.2, 0.25) is 0 Å². The first-order chi connectivity index (χ1) is 15.2. The lowest BCUT2D eigenvalue weighted by Crippen LogP contribution is -2.04. The highest BCUT2D eigenvalue weighted by atomic mass is 35.5. The molecule has 0 radical (unpaired) electrons. The number of nitrogens with one attached hydrogen (secondary N) is 2. The quantitative estimate of drug-likeness (QED) is 0.319. The number of anilines is 3. The highest BCUT2D eigenvalue weighted by Crippen LogP contribution is 2.27. The summed E-state index contributed by atoms with van der Waals surface area (Å²) >= 11 is 12.1. The van der Waals surface area contributed by atoms with Crippen molar-refractivity contribution in [2.75, 3.05) is 17.2 Å². The Kier molecular flexibility index (Phi) is 6.92. The minimum absolute atomic E-state index is 0.475. The van der Waals surface area contributed by atoms with Crippen LogP contribution in [-0.2, 0) is 6.42 Å². The molecule has 3 aromatic heterocycles. The van der Waals surface area contributed by atoms with E-state index in [4.69, 9.17) is 23.2 Å². The lowest BCUT2D eigenvalue weighted by Gasteiger charge is -2.10. The Balaban J connectivity index is 1.40. The third-order valence-electron chi connectivity index (χ3n) is 4.58. The van der Waals surface area contributed by atoms with Gasteiger partial charge in [0.25, 0.3) is 0 Å². The van der Waals surface area contributed by atoms with Crippen molar-refractivity contribution in [1.82, 2.24) is 19.9 Å². The van der Waals surface area contributed by atoms with Crippen molar-refractivity contribution in [1.29, 1.82) is 0 Å². The molecule has 156 valence electrons. The molecule has 31 heavy (non-hydrogen) atoms. The van der Waals surface area contributed by atoms with E-state index < -0.39 is 0 Å². The molecule has 0 spiro atoms. The minimum atomic E-state index is 0.475. The van der Waals surface area contributed by atoms with Crippen molar-refractivity contribution >= 4 is 40.4 Å². The Hall–Kier alpha value is -3.22. The average molecular weight is 451 g/mol. The monoisotopic (exact) mass is 450 g/mol. The van der Waals surface area contributed by atoms with E-state index in [-0.39, 0.29) is 0 Å². The number of halogens is 2. The van der Waals surface area contributed by atoms with E-state index in [0.29, 0.717) is 15.9 Å². The molecule has 3 heterocycles. The second-order valence-corrected chi connectivity index (χ2v) is 7.71. The number of rotatable bonds is 8. The predicted molar refractivity (Wildman–Crippen MR) is 126 cm³/mol. The van der Waals surface area contributed by atoms with Crippen LogP contribution in [0, 0.1) is 0 Å². The first-order valence-corrected chi connectivity index (χ1v) is 10.6. The molecule has 8 heteroatoms. The summed E-state index contributed by atoms with van der Waals surface area (Å²) in [4.78, 5) is 17.3. The van der Waals surface area contributed by atoms with Crippen LogP contribution in [0.3, 0.4) is 0 Å². The van der Waals surface area contributed by atoms with Gasteiger partial charge in [-0.25, -0.2) is 4.98 Å². The summed E-state index contributed by atoms with van der Waals surface area (Å²) < 4.78 is 0. The van der Waals surface area contributed by atoms with E-state index in [9.17, 15) is 0 Å². The Bertz CT molecular complexity index is 1150. The number of hydrogen-bond donors (Lipinski definition) is 2. The summed E-state index contributed by atoms with van der Waals surface area (Å²) in [5, 5.41) is 7.60. The Morgan fingerprint density at radius 3 is 2.45 bits per heavy atom. The predicted octanol–water partition coefficient (Wildman–Crippen LogP) is 6.03. The topological polar surface area (TPSA) is 75.6 Å². The van der Waals surface area contributed by atoms with Gasteiger partial charge in [-0.3, -0.25) is 15.0 Å². The van der Waals surface area contributed by atoms with E-state index >= 15 is 0 Å². The normalized spacial score (nSPS) is 10.6. The second-order valence-electron chi connectivity index (χ2n) is 6.89. The van der Waals surface area contributed by atoms with Gasteiger partial charge in [0, 0.05) is 42.6 Å². The summed E-state index contributed by atoms with van der Waals surface area (Å²) in [6.07, 6.45) is 12.6. The van der Waals surface area contributed by atoms with Crippen molar-refractivity contribution in [2.24, 2.45) is 0 Å². The molecule has 0 saturated carbocycles. The Morgan fingerprint density at radius 2 is 1.61 bits per heavy atom. The van der Waals surface area contributed by atoms with Crippen molar-refractivity contribution in [3.63, 3.8) is 0 Å². The van der Waals surface area contributed by atoms with Crippen LogP contribution >= 0.6 is 23.2 Å². The molecule has 0 fully saturated rings. The molecule has 0 unspecified atom stereocenters. The van der Waals surface area contributed by atoms with E-state index in [2.05, 4.69) is 30.6 Å². The minimum Gasteiger partial charge on any atom is -0.384 e. The van der Waals surface area contributed by atoms with Crippen LogP contribution < -0.4 is 10.6 Å². The smallest absolute Gasteiger partial charge is 0.149 e. The SMILES string of the molecule is Clc1ccc(Nc2cncc(-c3cncc(NCCCc4ccncc4)c3)n2)cc1Cl. The molecule has 0 aliphatic carbocycles. The molecule has 4 rings (SSSR count). The Labute approximate surface area is 190 Å². The van der Waals surface area contributed by atoms with E-state index in [1.54, 1.807) is 36.9 Å². The summed E-state index contributed by atoms with van der Waals surface area (Å²) in [5.74, 6) is 0.603. The van der Waals surface area contributed by atoms with Gasteiger partial charge in [0.15, 0.2) is 0 Å². The average Bonchev–Trinajstić information content (AvgIpc) is 2.80. The lowest BCUT2D eigenvalue weighted by molar-refractivity contribution is 0.860. The van der Waals surface area contributed by atoms with Crippen LogP contribution in [-0.4, -0.2) is 26.5 Å². The number of pyridine rings is 2. The number of aryl methyl sites for hydroxylation is 1. The summed E-state index contributed by atoms with van der Waals surface area (Å²) in [5.41, 5.74) is 4.60. The van der Waals surface area contributed by atoms with Gasteiger partial charge in [-0.1, -0.05) is 23.2 Å². The van der Waals surface area contributed by atoms with Gasteiger partial charge in [0.05, 0.1) is 33.8 Å². The van der Waals surface area contributed by atoms with Crippen molar-refractivity contribution in [3.05, 3.63) is 89.2 Å². The van der Waals surface area contributed by atoms with Gasteiger partial charge in [-0.2, -0.15) is 0 Å². The highest BCUT2D eigenvalue weighted by Gasteiger charge is 2.06. The first kappa shape index (κ1) is 21.0. The van der Waals surface area contributed by atoms with Crippen LogP contribution in [0.15, 0.2) is 73.6 Å². The maximum absolute atomic E-state index is 6.09. The molecular formula is C23H20Cl2N6. The zero-order valence-electron chi connectivity index (χ0n) is 16.6. The molecule has 6 nitrogen and oxygen atoms in total. The van der Waals surface area contributed by atoms with Crippen LogP contribution in [0.5, 0.6) is 0 Å². The number of aromatic nitrogens is 4. The first-order valence-electron chi connectivity index (χ1n) is 9.80. The van der Waals surface area contributed by atoms with Gasteiger partial charge in [-0.15, -0.1) is 0 Å². The maximum atomic E-state index is 6.09. The Morgan fingerprint density at radius 1 is 0.774 bits per heavy atom. The van der Waals surface area contributed by atoms with Gasteiger partial charge < -0.3 is 10.6 Å². The molecule has 0 aliphatic heterocycles. The van der Waals surface area contributed by atoms with Crippen molar-refractivity contribution in [2.45, 2.75) is 12.8 Å². The van der Waals surface area contributed by atoms with Gasteiger partial charge in [-0.05, 0) is 54.8 Å². The van der Waals surface area contributed by atoms with Crippen molar-refractivity contribution in [3.8, 4) is 11.3 Å². The molecule has 2 N–H and O–H groups in total. The molecule has 1 aromatic carbocycles. The molecule has 0 saturated heterocycles. The van der Waals surface area contributed by atoms with Gasteiger partial charge >= 0.3 is 0 Å². The zero-order valence-corrected chi connectivity index (χ0v) is 18.1. The largest absolute Gasteiger partial charge is 0.384 e. The third kappa shape index (κ3) is 5.90. The van der Waals surface area contributed by atoms with Gasteiger partial charge in [0.1, 0.15) is 5.82 Å². The van der Waals surface area contributed by atoms with Crippen LogP contribution in [0.2, 0.25) is 10.0 Å². The molecule has 0 atom stereocenters. The van der Waals surface area contributed by atoms with E-state index in [1.165, 1.54) is 5.56 Å². The zero-order chi connectivity index (χ0) is 21.5. The van der Waals surface area contributed by atoms with E-state index in [1.807, 2.05) is 36.7 Å². The highest BCUT2D eigenvalue weighted by molar-refractivity contribution is 6.42. The number of nitrogens with zero attached hydrogens (tertiary/aromatic N) is 4. The maximum Gasteiger partial charge on any atom is 0.149 e. The molecule has 4 aromatic rings.